The van der Waals surface area contributed by atoms with Crippen LogP contribution >= 0.6 is 0 Å². The molecule has 2 amide bonds. The lowest BCUT2D eigenvalue weighted by Crippen LogP contribution is -2.38. The average molecular weight is 354 g/mol. The van der Waals surface area contributed by atoms with Crippen molar-refractivity contribution in [3.8, 4) is 0 Å². The Bertz CT molecular complexity index is 825. The SMILES string of the molecule is Cc1cccc(C(=O)NC2CCN(C(=O)c3cc(C(C)C)[nH]n3)C2)c1C. The Morgan fingerprint density at radius 1 is 1.31 bits per heavy atom. The van der Waals surface area contributed by atoms with Crippen molar-refractivity contribution in [1.82, 2.24) is 20.4 Å². The highest BCUT2D eigenvalue weighted by molar-refractivity contribution is 5.96. The third-order valence-corrected chi connectivity index (χ3v) is 5.10. The molecule has 0 saturated carbocycles. The summed E-state index contributed by atoms with van der Waals surface area (Å²) in [6.07, 6.45) is 0.754. The van der Waals surface area contributed by atoms with Gasteiger partial charge in [-0.2, -0.15) is 5.10 Å². The molecule has 1 unspecified atom stereocenters. The van der Waals surface area contributed by atoms with Crippen molar-refractivity contribution in [3.05, 3.63) is 52.3 Å². The molecule has 0 spiro atoms. The summed E-state index contributed by atoms with van der Waals surface area (Å²) in [5, 5.41) is 10.1. The summed E-state index contributed by atoms with van der Waals surface area (Å²) < 4.78 is 0. The van der Waals surface area contributed by atoms with Crippen molar-refractivity contribution >= 4 is 11.8 Å². The van der Waals surface area contributed by atoms with Gasteiger partial charge >= 0.3 is 0 Å². The van der Waals surface area contributed by atoms with E-state index in [2.05, 4.69) is 29.4 Å². The van der Waals surface area contributed by atoms with Crippen LogP contribution in [0.4, 0.5) is 0 Å². The summed E-state index contributed by atoms with van der Waals surface area (Å²) in [4.78, 5) is 26.9. The van der Waals surface area contributed by atoms with E-state index in [1.807, 2.05) is 38.1 Å². The van der Waals surface area contributed by atoms with E-state index in [1.165, 1.54) is 0 Å². The molecule has 3 rings (SSSR count). The Hall–Kier alpha value is -2.63. The van der Waals surface area contributed by atoms with Crippen LogP contribution in [0.2, 0.25) is 0 Å². The number of aromatic nitrogens is 2. The fourth-order valence-corrected chi connectivity index (χ4v) is 3.23. The van der Waals surface area contributed by atoms with Gasteiger partial charge in [-0.15, -0.1) is 0 Å². The predicted molar refractivity (Wildman–Crippen MR) is 100 cm³/mol. The quantitative estimate of drug-likeness (QED) is 0.886. The molecule has 26 heavy (non-hydrogen) atoms. The summed E-state index contributed by atoms with van der Waals surface area (Å²) in [7, 11) is 0. The van der Waals surface area contributed by atoms with Crippen LogP contribution in [0.1, 0.15) is 63.9 Å². The van der Waals surface area contributed by atoms with Gasteiger partial charge in [0, 0.05) is 30.4 Å². The Kier molecular flexibility index (Phi) is 5.11. The van der Waals surface area contributed by atoms with Crippen LogP contribution in [0.25, 0.3) is 0 Å². The number of aromatic amines is 1. The maximum atomic E-state index is 12.6. The number of hydrogen-bond donors (Lipinski definition) is 2. The number of nitrogens with one attached hydrogen (secondary N) is 2. The number of aryl methyl sites for hydroxylation is 1. The van der Waals surface area contributed by atoms with Crippen molar-refractivity contribution in [3.63, 3.8) is 0 Å². The molecular formula is C20H26N4O2. The minimum atomic E-state index is -0.0864. The lowest BCUT2D eigenvalue weighted by atomic mass is 10.0. The van der Waals surface area contributed by atoms with Crippen LogP contribution in [0.5, 0.6) is 0 Å². The molecule has 1 fully saturated rings. The highest BCUT2D eigenvalue weighted by Gasteiger charge is 2.29. The zero-order valence-electron chi connectivity index (χ0n) is 15.8. The minimum absolute atomic E-state index is 0.0325. The number of benzene rings is 1. The fraction of sp³-hybridized carbons (Fsp3) is 0.450. The molecule has 2 heterocycles. The summed E-state index contributed by atoms with van der Waals surface area (Å²) in [6, 6.07) is 7.51. The van der Waals surface area contributed by atoms with E-state index < -0.39 is 0 Å². The molecule has 0 radical (unpaired) electrons. The molecule has 1 aliphatic heterocycles. The summed E-state index contributed by atoms with van der Waals surface area (Å²) in [5.74, 6) is 0.135. The zero-order valence-corrected chi connectivity index (χ0v) is 15.8. The van der Waals surface area contributed by atoms with Crippen molar-refractivity contribution in [1.29, 1.82) is 0 Å². The largest absolute Gasteiger partial charge is 0.347 e. The topological polar surface area (TPSA) is 78.1 Å². The summed E-state index contributed by atoms with van der Waals surface area (Å²) in [5.41, 5.74) is 4.18. The highest BCUT2D eigenvalue weighted by atomic mass is 16.2. The van der Waals surface area contributed by atoms with Gasteiger partial charge < -0.3 is 10.2 Å². The fourth-order valence-electron chi connectivity index (χ4n) is 3.23. The van der Waals surface area contributed by atoms with Crippen molar-refractivity contribution in [2.24, 2.45) is 0 Å². The molecule has 1 aromatic carbocycles. The zero-order chi connectivity index (χ0) is 18.8. The first-order valence-corrected chi connectivity index (χ1v) is 9.08. The van der Waals surface area contributed by atoms with E-state index in [4.69, 9.17) is 0 Å². The third kappa shape index (κ3) is 3.64. The number of likely N-dealkylation sites (tertiary alicyclic amines) is 1. The summed E-state index contributed by atoms with van der Waals surface area (Å²) >= 11 is 0. The van der Waals surface area contributed by atoms with Gasteiger partial charge in [0.2, 0.25) is 0 Å². The molecule has 0 aliphatic carbocycles. The number of hydrogen-bond acceptors (Lipinski definition) is 3. The van der Waals surface area contributed by atoms with Crippen LogP contribution in [-0.4, -0.2) is 46.0 Å². The molecule has 1 aliphatic rings. The van der Waals surface area contributed by atoms with E-state index in [0.29, 0.717) is 30.3 Å². The second-order valence-electron chi connectivity index (χ2n) is 7.32. The third-order valence-electron chi connectivity index (χ3n) is 5.10. The Morgan fingerprint density at radius 3 is 2.77 bits per heavy atom. The van der Waals surface area contributed by atoms with E-state index >= 15 is 0 Å². The van der Waals surface area contributed by atoms with E-state index in [0.717, 1.165) is 23.2 Å². The van der Waals surface area contributed by atoms with Gasteiger partial charge in [-0.1, -0.05) is 26.0 Å². The maximum absolute atomic E-state index is 12.6. The monoisotopic (exact) mass is 354 g/mol. The number of amides is 2. The molecule has 2 N–H and O–H groups in total. The number of nitrogens with zero attached hydrogens (tertiary/aromatic N) is 2. The van der Waals surface area contributed by atoms with Crippen LogP contribution < -0.4 is 5.32 Å². The second kappa shape index (κ2) is 7.32. The maximum Gasteiger partial charge on any atom is 0.274 e. The van der Waals surface area contributed by atoms with Crippen LogP contribution in [0.15, 0.2) is 24.3 Å². The van der Waals surface area contributed by atoms with Gasteiger partial charge in [-0.25, -0.2) is 0 Å². The molecule has 1 atom stereocenters. The number of carbonyl (C=O) groups is 2. The molecular weight excluding hydrogens is 328 g/mol. The second-order valence-corrected chi connectivity index (χ2v) is 7.32. The van der Waals surface area contributed by atoms with Gasteiger partial charge in [-0.3, -0.25) is 14.7 Å². The number of rotatable bonds is 4. The molecule has 1 aromatic heterocycles. The van der Waals surface area contributed by atoms with Crippen LogP contribution in [0.3, 0.4) is 0 Å². The van der Waals surface area contributed by atoms with Crippen molar-refractivity contribution in [2.45, 2.75) is 46.1 Å². The van der Waals surface area contributed by atoms with E-state index in [-0.39, 0.29) is 17.9 Å². The van der Waals surface area contributed by atoms with E-state index in [9.17, 15) is 9.59 Å². The first-order valence-electron chi connectivity index (χ1n) is 9.08. The number of carbonyl (C=O) groups excluding carboxylic acids is 2. The minimum Gasteiger partial charge on any atom is -0.347 e. The molecule has 6 nitrogen and oxygen atoms in total. The Labute approximate surface area is 154 Å². The molecule has 6 heteroatoms. The van der Waals surface area contributed by atoms with Gasteiger partial charge in [-0.05, 0) is 49.4 Å². The lowest BCUT2D eigenvalue weighted by Gasteiger charge is -2.17. The highest BCUT2D eigenvalue weighted by Crippen LogP contribution is 2.18. The van der Waals surface area contributed by atoms with Crippen LogP contribution in [-0.2, 0) is 0 Å². The predicted octanol–water partition coefficient (Wildman–Crippen LogP) is 2.79. The molecule has 1 saturated heterocycles. The standard InChI is InChI=1S/C20H26N4O2/c1-12(2)17-10-18(23-22-17)20(26)24-9-8-15(11-24)21-19(25)16-7-5-6-13(3)14(16)4/h5-7,10,12,15H,8-9,11H2,1-4H3,(H,21,25)(H,22,23). The normalized spacial score (nSPS) is 17.0. The summed E-state index contributed by atoms with van der Waals surface area (Å²) in [6.45, 7) is 9.20. The Morgan fingerprint density at radius 2 is 2.08 bits per heavy atom. The van der Waals surface area contributed by atoms with Gasteiger partial charge in [0.25, 0.3) is 11.8 Å². The molecule has 138 valence electrons. The van der Waals surface area contributed by atoms with Crippen molar-refractivity contribution < 1.29 is 9.59 Å². The van der Waals surface area contributed by atoms with Gasteiger partial charge in [0.1, 0.15) is 5.69 Å². The molecule has 2 aromatic rings. The average Bonchev–Trinajstić information content (AvgIpc) is 3.26. The van der Waals surface area contributed by atoms with Gasteiger partial charge in [0.05, 0.1) is 0 Å². The van der Waals surface area contributed by atoms with Crippen molar-refractivity contribution in [2.75, 3.05) is 13.1 Å². The Balaban J connectivity index is 1.62. The lowest BCUT2D eigenvalue weighted by molar-refractivity contribution is 0.0777. The number of H-pyrrole nitrogens is 1. The first kappa shape index (κ1) is 18.2. The first-order chi connectivity index (χ1) is 12.4. The van der Waals surface area contributed by atoms with E-state index in [1.54, 1.807) is 4.90 Å². The van der Waals surface area contributed by atoms with Crippen LogP contribution in [0, 0.1) is 13.8 Å². The van der Waals surface area contributed by atoms with Gasteiger partial charge in [0.15, 0.2) is 0 Å². The molecule has 0 bridgehead atoms. The smallest absolute Gasteiger partial charge is 0.274 e.